The minimum Gasteiger partial charge on any atom is -0.484 e. The second-order valence-electron chi connectivity index (χ2n) is 4.91. The van der Waals surface area contributed by atoms with Crippen molar-refractivity contribution in [2.45, 2.75) is 20.4 Å². The van der Waals surface area contributed by atoms with Gasteiger partial charge >= 0.3 is 0 Å². The Morgan fingerprint density at radius 3 is 2.73 bits per heavy atom. The van der Waals surface area contributed by atoms with Gasteiger partial charge in [-0.2, -0.15) is 0 Å². The van der Waals surface area contributed by atoms with Crippen molar-refractivity contribution in [1.82, 2.24) is 14.9 Å². The third-order valence-corrected chi connectivity index (χ3v) is 3.30. The molecule has 0 unspecified atom stereocenters. The molecule has 6 nitrogen and oxygen atoms in total. The van der Waals surface area contributed by atoms with Crippen LogP contribution in [0.25, 0.3) is 0 Å². The Morgan fingerprint density at radius 1 is 1.27 bits per heavy atom. The Bertz CT molecular complexity index is 696. The largest absolute Gasteiger partial charge is 0.484 e. The van der Waals surface area contributed by atoms with Gasteiger partial charge in [-0.05, 0) is 26.0 Å². The summed E-state index contributed by atoms with van der Waals surface area (Å²) in [7, 11) is 0. The molecule has 6 heteroatoms. The van der Waals surface area contributed by atoms with Crippen LogP contribution < -0.4 is 15.6 Å². The zero-order valence-electron chi connectivity index (χ0n) is 12.7. The number of ether oxygens (including phenoxy) is 1. The number of hydrogen-bond donors (Lipinski definition) is 1. The molecule has 0 fully saturated rings. The van der Waals surface area contributed by atoms with Gasteiger partial charge in [-0.1, -0.05) is 18.2 Å². The molecule has 0 saturated carbocycles. The second-order valence-corrected chi connectivity index (χ2v) is 4.91. The quantitative estimate of drug-likeness (QED) is 0.865. The molecule has 0 bridgehead atoms. The maximum Gasteiger partial charge on any atom is 0.258 e. The summed E-state index contributed by atoms with van der Waals surface area (Å²) in [4.78, 5) is 27.8. The summed E-state index contributed by atoms with van der Waals surface area (Å²) in [5, 5.41) is 2.71. The molecule has 2 aromatic rings. The minimum atomic E-state index is -0.228. The molecular weight excluding hydrogens is 282 g/mol. The predicted molar refractivity (Wildman–Crippen MR) is 82.9 cm³/mol. The standard InChI is InChI=1S/C16H19N3O3/c1-12-13(2)18-11-19(16(12)21)9-8-17-15(20)10-22-14-6-4-3-5-7-14/h3-7,11H,8-10H2,1-2H3,(H,17,20). The molecule has 0 saturated heterocycles. The highest BCUT2D eigenvalue weighted by Gasteiger charge is 2.05. The topological polar surface area (TPSA) is 73.2 Å². The van der Waals surface area contributed by atoms with Gasteiger partial charge < -0.3 is 10.1 Å². The van der Waals surface area contributed by atoms with Crippen molar-refractivity contribution < 1.29 is 9.53 Å². The first-order valence-corrected chi connectivity index (χ1v) is 7.05. The zero-order chi connectivity index (χ0) is 15.9. The van der Waals surface area contributed by atoms with Crippen LogP contribution >= 0.6 is 0 Å². The van der Waals surface area contributed by atoms with Crippen LogP contribution in [0.2, 0.25) is 0 Å². The zero-order valence-corrected chi connectivity index (χ0v) is 12.7. The normalized spacial score (nSPS) is 10.3. The molecule has 1 amide bonds. The van der Waals surface area contributed by atoms with Crippen LogP contribution in [0.5, 0.6) is 5.75 Å². The lowest BCUT2D eigenvalue weighted by Crippen LogP contribution is -2.34. The lowest BCUT2D eigenvalue weighted by atomic mass is 10.3. The van der Waals surface area contributed by atoms with Gasteiger partial charge in [-0.25, -0.2) is 4.98 Å². The number of amides is 1. The molecule has 116 valence electrons. The third-order valence-electron chi connectivity index (χ3n) is 3.30. The number of rotatable bonds is 6. The number of hydrogen-bond acceptors (Lipinski definition) is 4. The van der Waals surface area contributed by atoms with E-state index in [1.807, 2.05) is 18.2 Å². The van der Waals surface area contributed by atoms with Gasteiger partial charge in [0.2, 0.25) is 0 Å². The monoisotopic (exact) mass is 301 g/mol. The molecule has 22 heavy (non-hydrogen) atoms. The predicted octanol–water partition coefficient (Wildman–Crippen LogP) is 1.06. The van der Waals surface area contributed by atoms with Crippen molar-refractivity contribution in [3.8, 4) is 5.75 Å². The van der Waals surface area contributed by atoms with E-state index in [0.717, 1.165) is 5.69 Å². The Balaban J connectivity index is 1.78. The molecule has 0 aliphatic carbocycles. The van der Waals surface area contributed by atoms with E-state index in [1.165, 1.54) is 10.9 Å². The van der Waals surface area contributed by atoms with Crippen LogP contribution in [0, 0.1) is 13.8 Å². The highest BCUT2D eigenvalue weighted by molar-refractivity contribution is 5.77. The summed E-state index contributed by atoms with van der Waals surface area (Å²) in [6, 6.07) is 9.13. The number of aryl methyl sites for hydroxylation is 1. The van der Waals surface area contributed by atoms with Gasteiger partial charge in [0.1, 0.15) is 5.75 Å². The van der Waals surface area contributed by atoms with Gasteiger partial charge in [0.25, 0.3) is 11.5 Å². The number of aromatic nitrogens is 2. The summed E-state index contributed by atoms with van der Waals surface area (Å²) in [6.07, 6.45) is 1.50. The van der Waals surface area contributed by atoms with Crippen molar-refractivity contribution in [1.29, 1.82) is 0 Å². The molecule has 0 radical (unpaired) electrons. The van der Waals surface area contributed by atoms with Crippen LogP contribution in [-0.2, 0) is 11.3 Å². The summed E-state index contributed by atoms with van der Waals surface area (Å²) in [5.41, 5.74) is 1.27. The van der Waals surface area contributed by atoms with Crippen molar-refractivity contribution in [3.63, 3.8) is 0 Å². The molecule has 1 heterocycles. The number of nitrogens with one attached hydrogen (secondary N) is 1. The van der Waals surface area contributed by atoms with E-state index in [-0.39, 0.29) is 18.1 Å². The maximum absolute atomic E-state index is 12.0. The molecule has 0 spiro atoms. The van der Waals surface area contributed by atoms with Crippen LogP contribution in [0.1, 0.15) is 11.3 Å². The Kier molecular flexibility index (Phi) is 5.30. The van der Waals surface area contributed by atoms with E-state index >= 15 is 0 Å². The van der Waals surface area contributed by atoms with Gasteiger partial charge in [0, 0.05) is 24.3 Å². The average molecular weight is 301 g/mol. The molecule has 1 N–H and O–H groups in total. The van der Waals surface area contributed by atoms with Gasteiger partial charge in [0.05, 0.1) is 6.33 Å². The van der Waals surface area contributed by atoms with Gasteiger partial charge in [-0.15, -0.1) is 0 Å². The van der Waals surface area contributed by atoms with Gasteiger partial charge in [0.15, 0.2) is 6.61 Å². The fourth-order valence-corrected chi connectivity index (χ4v) is 1.87. The van der Waals surface area contributed by atoms with E-state index in [4.69, 9.17) is 4.74 Å². The number of nitrogens with zero attached hydrogens (tertiary/aromatic N) is 2. The fraction of sp³-hybridized carbons (Fsp3) is 0.312. The molecule has 1 aromatic carbocycles. The molecule has 0 atom stereocenters. The molecular formula is C16H19N3O3. The van der Waals surface area contributed by atoms with Crippen LogP contribution in [0.3, 0.4) is 0 Å². The van der Waals surface area contributed by atoms with Crippen molar-refractivity contribution in [2.75, 3.05) is 13.2 Å². The van der Waals surface area contributed by atoms with E-state index in [2.05, 4.69) is 10.3 Å². The summed E-state index contributed by atoms with van der Waals surface area (Å²) in [5.74, 6) is 0.418. The first-order valence-electron chi connectivity index (χ1n) is 7.05. The first-order chi connectivity index (χ1) is 10.6. The highest BCUT2D eigenvalue weighted by atomic mass is 16.5. The second kappa shape index (κ2) is 7.40. The Labute approximate surface area is 128 Å². The van der Waals surface area contributed by atoms with Crippen LogP contribution in [-0.4, -0.2) is 28.6 Å². The fourth-order valence-electron chi connectivity index (χ4n) is 1.87. The number of carbonyl (C=O) groups excluding carboxylic acids is 1. The van der Waals surface area contributed by atoms with Gasteiger partial charge in [-0.3, -0.25) is 14.2 Å². The summed E-state index contributed by atoms with van der Waals surface area (Å²) in [6.45, 7) is 4.21. The third kappa shape index (κ3) is 4.18. The molecule has 0 aliphatic heterocycles. The van der Waals surface area contributed by atoms with E-state index in [0.29, 0.717) is 24.4 Å². The SMILES string of the molecule is Cc1ncn(CCNC(=O)COc2ccccc2)c(=O)c1C. The Hall–Kier alpha value is -2.63. The summed E-state index contributed by atoms with van der Waals surface area (Å²) < 4.78 is 6.82. The maximum atomic E-state index is 12.0. The van der Waals surface area contributed by atoms with Crippen LogP contribution in [0.4, 0.5) is 0 Å². The summed E-state index contributed by atoms with van der Waals surface area (Å²) >= 11 is 0. The number of benzene rings is 1. The first kappa shape index (κ1) is 15.8. The molecule has 2 rings (SSSR count). The molecule has 0 aliphatic rings. The van der Waals surface area contributed by atoms with E-state index in [9.17, 15) is 9.59 Å². The minimum absolute atomic E-state index is 0.0515. The van der Waals surface area contributed by atoms with Crippen molar-refractivity contribution in [3.05, 3.63) is 58.3 Å². The number of carbonyl (C=O) groups is 1. The van der Waals surface area contributed by atoms with Crippen molar-refractivity contribution >= 4 is 5.91 Å². The lowest BCUT2D eigenvalue weighted by molar-refractivity contribution is -0.123. The van der Waals surface area contributed by atoms with E-state index < -0.39 is 0 Å². The Morgan fingerprint density at radius 2 is 2.00 bits per heavy atom. The lowest BCUT2D eigenvalue weighted by Gasteiger charge is -2.09. The van der Waals surface area contributed by atoms with E-state index in [1.54, 1.807) is 26.0 Å². The average Bonchev–Trinajstić information content (AvgIpc) is 2.54. The van der Waals surface area contributed by atoms with Crippen LogP contribution in [0.15, 0.2) is 41.5 Å². The van der Waals surface area contributed by atoms with Crippen molar-refractivity contribution in [2.24, 2.45) is 0 Å². The number of para-hydroxylation sites is 1. The smallest absolute Gasteiger partial charge is 0.258 e. The highest BCUT2D eigenvalue weighted by Crippen LogP contribution is 2.07. The molecule has 1 aromatic heterocycles.